The number of nitrogens with zero attached hydrogens (tertiary/aromatic N) is 1. The molecular formula is C15H21NO4S. The highest BCUT2D eigenvalue weighted by Crippen LogP contribution is 2.21. The van der Waals surface area contributed by atoms with E-state index in [4.69, 9.17) is 4.74 Å². The topological polar surface area (TPSA) is 73.3 Å². The molecule has 1 atom stereocenters. The second-order valence-electron chi connectivity index (χ2n) is 5.57. The van der Waals surface area contributed by atoms with Crippen molar-refractivity contribution in [3.8, 4) is 0 Å². The van der Waals surface area contributed by atoms with Crippen LogP contribution < -0.4 is 0 Å². The summed E-state index contributed by atoms with van der Waals surface area (Å²) in [6, 6.07) is 5.86. The van der Waals surface area contributed by atoms with Crippen LogP contribution in [0.25, 0.3) is 0 Å². The van der Waals surface area contributed by atoms with Crippen LogP contribution in [0.1, 0.15) is 30.7 Å². The third-order valence-electron chi connectivity index (χ3n) is 3.57. The summed E-state index contributed by atoms with van der Waals surface area (Å²) in [6.07, 6.45) is 2.28. The fourth-order valence-corrected chi connectivity index (χ4v) is 4.37. The van der Waals surface area contributed by atoms with E-state index in [0.29, 0.717) is 13.0 Å². The quantitative estimate of drug-likeness (QED) is 0.590. The van der Waals surface area contributed by atoms with E-state index in [1.807, 2.05) is 25.1 Å². The summed E-state index contributed by atoms with van der Waals surface area (Å²) in [6.45, 7) is 2.30. The molecule has 0 N–H and O–H groups in total. The first-order valence-corrected chi connectivity index (χ1v) is 9.05. The van der Waals surface area contributed by atoms with Gasteiger partial charge in [0.05, 0.1) is 18.1 Å². The number of hydrogen-bond acceptors (Lipinski definition) is 5. The van der Waals surface area contributed by atoms with Gasteiger partial charge in [0.25, 0.3) is 0 Å². The molecule has 0 bridgehead atoms. The lowest BCUT2D eigenvalue weighted by Gasteiger charge is -2.08. The van der Waals surface area contributed by atoms with Gasteiger partial charge in [-0.25, -0.2) is 8.42 Å². The fraction of sp³-hybridized carbons (Fsp3) is 0.600. The van der Waals surface area contributed by atoms with E-state index in [0.717, 1.165) is 24.2 Å². The molecule has 1 aliphatic heterocycles. The van der Waals surface area contributed by atoms with Crippen molar-refractivity contribution >= 4 is 15.8 Å². The monoisotopic (exact) mass is 311 g/mol. The number of pyridine rings is 1. The Bertz CT molecular complexity index is 597. The fourth-order valence-electron chi connectivity index (χ4n) is 2.51. The average Bonchev–Trinajstić information content (AvgIpc) is 2.74. The molecule has 0 radical (unpaired) electrons. The smallest absolute Gasteiger partial charge is 0.306 e. The van der Waals surface area contributed by atoms with E-state index < -0.39 is 9.84 Å². The maximum Gasteiger partial charge on any atom is 0.306 e. The van der Waals surface area contributed by atoms with Gasteiger partial charge in [-0.3, -0.25) is 9.78 Å². The second kappa shape index (κ2) is 7.02. The van der Waals surface area contributed by atoms with Crippen LogP contribution in [0.4, 0.5) is 0 Å². The molecule has 2 rings (SSSR count). The molecule has 0 saturated carbocycles. The van der Waals surface area contributed by atoms with Gasteiger partial charge in [-0.2, -0.15) is 0 Å². The van der Waals surface area contributed by atoms with E-state index in [2.05, 4.69) is 4.98 Å². The number of aryl methyl sites for hydroxylation is 2. The lowest BCUT2D eigenvalue weighted by atomic mass is 10.1. The van der Waals surface area contributed by atoms with Crippen molar-refractivity contribution in [1.29, 1.82) is 0 Å². The number of ether oxygens (including phenoxy) is 1. The Hall–Kier alpha value is -1.43. The van der Waals surface area contributed by atoms with Crippen LogP contribution in [-0.4, -0.2) is 37.5 Å². The van der Waals surface area contributed by atoms with Crippen molar-refractivity contribution in [2.45, 2.75) is 32.6 Å². The molecule has 1 aromatic rings. The van der Waals surface area contributed by atoms with Gasteiger partial charge >= 0.3 is 5.97 Å². The molecule has 0 aromatic carbocycles. The largest absolute Gasteiger partial charge is 0.466 e. The van der Waals surface area contributed by atoms with E-state index in [1.54, 1.807) is 0 Å². The maximum absolute atomic E-state index is 11.6. The molecule has 1 aliphatic rings. The zero-order valence-corrected chi connectivity index (χ0v) is 13.1. The predicted octanol–water partition coefficient (Wildman–Crippen LogP) is 1.69. The summed E-state index contributed by atoms with van der Waals surface area (Å²) in [5, 5.41) is 0. The van der Waals surface area contributed by atoms with E-state index in [-0.39, 0.29) is 29.8 Å². The lowest BCUT2D eigenvalue weighted by Crippen LogP contribution is -2.14. The molecule has 6 heteroatoms. The molecule has 2 heterocycles. The summed E-state index contributed by atoms with van der Waals surface area (Å²) < 4.78 is 27.8. The van der Waals surface area contributed by atoms with Gasteiger partial charge in [0.1, 0.15) is 0 Å². The molecular weight excluding hydrogens is 290 g/mol. The highest BCUT2D eigenvalue weighted by atomic mass is 32.2. The Balaban J connectivity index is 1.64. The van der Waals surface area contributed by atoms with Crippen LogP contribution in [0, 0.1) is 12.8 Å². The molecule has 0 amide bonds. The summed E-state index contributed by atoms with van der Waals surface area (Å²) in [4.78, 5) is 16.0. The highest BCUT2D eigenvalue weighted by molar-refractivity contribution is 7.91. The summed E-state index contributed by atoms with van der Waals surface area (Å²) in [5.41, 5.74) is 1.97. The van der Waals surface area contributed by atoms with Crippen LogP contribution in [0.3, 0.4) is 0 Å². The molecule has 1 unspecified atom stereocenters. The van der Waals surface area contributed by atoms with Crippen molar-refractivity contribution in [2.75, 3.05) is 18.1 Å². The predicted molar refractivity (Wildman–Crippen MR) is 79.6 cm³/mol. The molecule has 21 heavy (non-hydrogen) atoms. The lowest BCUT2D eigenvalue weighted by molar-refractivity contribution is -0.144. The third-order valence-corrected chi connectivity index (χ3v) is 5.41. The number of aromatic nitrogens is 1. The van der Waals surface area contributed by atoms with Crippen molar-refractivity contribution < 1.29 is 17.9 Å². The summed E-state index contributed by atoms with van der Waals surface area (Å²) >= 11 is 0. The Labute approximate surface area is 125 Å². The Kier molecular flexibility index (Phi) is 5.33. The minimum Gasteiger partial charge on any atom is -0.466 e. The minimum absolute atomic E-state index is 0.0686. The highest BCUT2D eigenvalue weighted by Gasteiger charge is 2.29. The molecule has 5 nitrogen and oxygen atoms in total. The van der Waals surface area contributed by atoms with Gasteiger partial charge in [0.2, 0.25) is 0 Å². The maximum atomic E-state index is 11.6. The number of esters is 1. The molecule has 1 fully saturated rings. The van der Waals surface area contributed by atoms with Crippen molar-refractivity contribution in [3.63, 3.8) is 0 Å². The Morgan fingerprint density at radius 1 is 1.43 bits per heavy atom. The van der Waals surface area contributed by atoms with Crippen LogP contribution in [0.15, 0.2) is 18.2 Å². The molecule has 0 aliphatic carbocycles. The van der Waals surface area contributed by atoms with Gasteiger partial charge < -0.3 is 4.74 Å². The van der Waals surface area contributed by atoms with Gasteiger partial charge in [-0.05, 0) is 44.2 Å². The third kappa shape index (κ3) is 5.46. The Morgan fingerprint density at radius 3 is 2.90 bits per heavy atom. The van der Waals surface area contributed by atoms with Gasteiger partial charge in [0.15, 0.2) is 9.84 Å². The molecule has 0 spiro atoms. The van der Waals surface area contributed by atoms with E-state index >= 15 is 0 Å². The van der Waals surface area contributed by atoms with E-state index in [9.17, 15) is 13.2 Å². The SMILES string of the molecule is Cc1cccc(CCCOC(=O)CC2CCS(=O)(=O)C2)n1. The summed E-state index contributed by atoms with van der Waals surface area (Å²) in [7, 11) is -2.92. The normalized spacial score (nSPS) is 20.3. The van der Waals surface area contributed by atoms with E-state index in [1.165, 1.54) is 0 Å². The second-order valence-corrected chi connectivity index (χ2v) is 7.80. The van der Waals surface area contributed by atoms with Crippen molar-refractivity contribution in [2.24, 2.45) is 5.92 Å². The standard InChI is InChI=1S/C15H21NO4S/c1-12-4-2-5-14(16-12)6-3-8-20-15(17)10-13-7-9-21(18,19)11-13/h2,4-5,13H,3,6-11H2,1H3. The van der Waals surface area contributed by atoms with Gasteiger partial charge in [-0.15, -0.1) is 0 Å². The number of carbonyl (C=O) groups excluding carboxylic acids is 1. The average molecular weight is 311 g/mol. The number of rotatable bonds is 6. The van der Waals surface area contributed by atoms with Crippen molar-refractivity contribution in [1.82, 2.24) is 4.98 Å². The summed E-state index contributed by atoms with van der Waals surface area (Å²) in [5.74, 6) is -0.0468. The van der Waals surface area contributed by atoms with Crippen LogP contribution in [0.5, 0.6) is 0 Å². The van der Waals surface area contributed by atoms with Crippen LogP contribution in [-0.2, 0) is 25.8 Å². The molecule has 1 saturated heterocycles. The van der Waals surface area contributed by atoms with Crippen molar-refractivity contribution in [3.05, 3.63) is 29.6 Å². The zero-order valence-electron chi connectivity index (χ0n) is 12.2. The van der Waals surface area contributed by atoms with Gasteiger partial charge in [-0.1, -0.05) is 6.07 Å². The zero-order chi connectivity index (χ0) is 15.3. The molecule has 1 aromatic heterocycles. The first-order valence-electron chi connectivity index (χ1n) is 7.23. The first kappa shape index (κ1) is 15.9. The number of sulfone groups is 1. The van der Waals surface area contributed by atoms with Crippen LogP contribution in [0.2, 0.25) is 0 Å². The first-order chi connectivity index (χ1) is 9.94. The minimum atomic E-state index is -2.92. The van der Waals surface area contributed by atoms with Crippen LogP contribution >= 0.6 is 0 Å². The number of hydrogen-bond donors (Lipinski definition) is 0. The van der Waals surface area contributed by atoms with Gasteiger partial charge in [0, 0.05) is 17.8 Å². The number of carbonyl (C=O) groups is 1. The molecule has 116 valence electrons. The Morgan fingerprint density at radius 2 is 2.24 bits per heavy atom.